The number of hydrazone groups is 1. The number of hydrogen-bond donors (Lipinski definition) is 1. The molecule has 88 valence electrons. The summed E-state index contributed by atoms with van der Waals surface area (Å²) in [6.07, 6.45) is 3.44. The molecule has 2 aromatic heterocycles. The maximum atomic E-state index is 4.41. The molecule has 1 N–H and O–H groups in total. The Morgan fingerprint density at radius 3 is 2.83 bits per heavy atom. The van der Waals surface area contributed by atoms with Gasteiger partial charge in [0.2, 0.25) is 0 Å². The van der Waals surface area contributed by atoms with Crippen LogP contribution in [0, 0.1) is 0 Å². The molecule has 0 unspecified atom stereocenters. The second-order valence-corrected chi connectivity index (χ2v) is 4.61. The number of thiophene rings is 1. The number of nitrogens with one attached hydrogen (secondary N) is 1. The van der Waals surface area contributed by atoms with E-state index >= 15 is 0 Å². The van der Waals surface area contributed by atoms with Gasteiger partial charge < -0.3 is 0 Å². The predicted molar refractivity (Wildman–Crippen MR) is 75.1 cm³/mol. The van der Waals surface area contributed by atoms with Gasteiger partial charge in [0.1, 0.15) is 0 Å². The Bertz CT molecular complexity index is 676. The van der Waals surface area contributed by atoms with Crippen LogP contribution in [0.25, 0.3) is 11.0 Å². The van der Waals surface area contributed by atoms with Crippen molar-refractivity contribution in [2.45, 2.75) is 0 Å². The molecule has 0 spiro atoms. The fourth-order valence-electron chi connectivity index (χ4n) is 1.54. The van der Waals surface area contributed by atoms with E-state index in [0.29, 0.717) is 5.82 Å². The van der Waals surface area contributed by atoms with Crippen molar-refractivity contribution >= 4 is 34.4 Å². The van der Waals surface area contributed by atoms with E-state index in [2.05, 4.69) is 20.5 Å². The van der Waals surface area contributed by atoms with E-state index in [-0.39, 0.29) is 0 Å². The molecule has 2 heterocycles. The van der Waals surface area contributed by atoms with Crippen LogP contribution in [-0.4, -0.2) is 16.2 Å². The lowest BCUT2D eigenvalue weighted by Gasteiger charge is -2.00. The number of fused-ring (bicyclic) bond motifs is 1. The molecule has 0 saturated carbocycles. The van der Waals surface area contributed by atoms with Gasteiger partial charge in [0.05, 0.1) is 23.4 Å². The molecule has 0 saturated heterocycles. The average molecular weight is 254 g/mol. The second kappa shape index (κ2) is 4.93. The number of hydrogen-bond acceptors (Lipinski definition) is 5. The fourth-order valence-corrected chi connectivity index (χ4v) is 2.12. The minimum atomic E-state index is 0.640. The summed E-state index contributed by atoms with van der Waals surface area (Å²) in [6.45, 7) is 0. The van der Waals surface area contributed by atoms with Crippen LogP contribution in [0.4, 0.5) is 5.82 Å². The molecule has 0 radical (unpaired) electrons. The van der Waals surface area contributed by atoms with E-state index in [1.807, 2.05) is 41.8 Å². The van der Waals surface area contributed by atoms with Gasteiger partial charge in [-0.1, -0.05) is 18.2 Å². The molecule has 0 aliphatic heterocycles. The van der Waals surface area contributed by atoms with Crippen LogP contribution in [0.1, 0.15) is 4.88 Å². The first-order valence-electron chi connectivity index (χ1n) is 5.46. The number of rotatable bonds is 3. The first-order valence-corrected chi connectivity index (χ1v) is 6.34. The molecule has 0 amide bonds. The summed E-state index contributed by atoms with van der Waals surface area (Å²) in [7, 11) is 0. The Balaban J connectivity index is 1.78. The highest BCUT2D eigenvalue weighted by molar-refractivity contribution is 7.11. The molecule has 5 heteroatoms. The molecule has 0 aliphatic rings. The molecule has 4 nitrogen and oxygen atoms in total. The smallest absolute Gasteiger partial charge is 0.165 e. The van der Waals surface area contributed by atoms with E-state index in [4.69, 9.17) is 0 Å². The molecule has 0 fully saturated rings. The Morgan fingerprint density at radius 1 is 1.11 bits per heavy atom. The maximum Gasteiger partial charge on any atom is 0.165 e. The van der Waals surface area contributed by atoms with Crippen molar-refractivity contribution in [2.75, 3.05) is 5.43 Å². The van der Waals surface area contributed by atoms with Gasteiger partial charge in [-0.05, 0) is 23.6 Å². The summed E-state index contributed by atoms with van der Waals surface area (Å²) in [6, 6.07) is 11.7. The van der Waals surface area contributed by atoms with Crippen molar-refractivity contribution in [1.29, 1.82) is 0 Å². The third kappa shape index (κ3) is 2.36. The highest BCUT2D eigenvalue weighted by Gasteiger charge is 1.97. The van der Waals surface area contributed by atoms with Crippen molar-refractivity contribution < 1.29 is 0 Å². The molecule has 0 bridgehead atoms. The molecule has 0 aliphatic carbocycles. The topological polar surface area (TPSA) is 50.2 Å². The molecular weight excluding hydrogens is 244 g/mol. The largest absolute Gasteiger partial charge is 0.260 e. The number of anilines is 1. The van der Waals surface area contributed by atoms with E-state index in [1.54, 1.807) is 23.7 Å². The zero-order chi connectivity index (χ0) is 12.2. The normalized spacial score (nSPS) is 11.1. The monoisotopic (exact) mass is 254 g/mol. The van der Waals surface area contributed by atoms with Gasteiger partial charge in [-0.15, -0.1) is 11.3 Å². The number of aromatic nitrogens is 2. The van der Waals surface area contributed by atoms with Crippen LogP contribution in [0.15, 0.2) is 53.1 Å². The Labute approximate surface area is 108 Å². The first kappa shape index (κ1) is 10.9. The summed E-state index contributed by atoms with van der Waals surface area (Å²) in [5, 5.41) is 6.13. The highest BCUT2D eigenvalue weighted by Crippen LogP contribution is 2.11. The van der Waals surface area contributed by atoms with Crippen molar-refractivity contribution in [3.63, 3.8) is 0 Å². The molecular formula is C13H10N4S. The Hall–Kier alpha value is -2.27. The first-order chi connectivity index (χ1) is 8.92. The fraction of sp³-hybridized carbons (Fsp3) is 0. The molecule has 0 atom stereocenters. The molecule has 3 rings (SSSR count). The van der Waals surface area contributed by atoms with Crippen LogP contribution in [0.5, 0.6) is 0 Å². The van der Waals surface area contributed by atoms with Crippen molar-refractivity contribution in [3.05, 3.63) is 52.9 Å². The standard InChI is InChI=1S/C13H10N4S/c1-2-6-12-11(5-1)14-9-13(16-12)17-15-8-10-4-3-7-18-10/h1-9H,(H,16,17)/b15-8+. The Morgan fingerprint density at radius 2 is 2.00 bits per heavy atom. The van der Waals surface area contributed by atoms with Gasteiger partial charge in [0.25, 0.3) is 0 Å². The van der Waals surface area contributed by atoms with E-state index in [0.717, 1.165) is 15.9 Å². The SMILES string of the molecule is C(=N\Nc1cnc2ccccc2n1)/c1cccs1. The van der Waals surface area contributed by atoms with Gasteiger partial charge in [-0.2, -0.15) is 5.10 Å². The van der Waals surface area contributed by atoms with E-state index in [1.165, 1.54) is 0 Å². The van der Waals surface area contributed by atoms with Crippen LogP contribution in [0.2, 0.25) is 0 Å². The minimum Gasteiger partial charge on any atom is -0.260 e. The average Bonchev–Trinajstić information content (AvgIpc) is 2.92. The zero-order valence-electron chi connectivity index (χ0n) is 9.45. The predicted octanol–water partition coefficient (Wildman–Crippen LogP) is 3.14. The minimum absolute atomic E-state index is 0.640. The summed E-state index contributed by atoms with van der Waals surface area (Å²) < 4.78 is 0. The molecule has 18 heavy (non-hydrogen) atoms. The van der Waals surface area contributed by atoms with Crippen LogP contribution in [-0.2, 0) is 0 Å². The molecule has 1 aromatic carbocycles. The summed E-state index contributed by atoms with van der Waals surface area (Å²) in [5.41, 5.74) is 4.61. The number of para-hydroxylation sites is 2. The van der Waals surface area contributed by atoms with E-state index in [9.17, 15) is 0 Å². The maximum absolute atomic E-state index is 4.41. The Kier molecular flexibility index (Phi) is 2.97. The van der Waals surface area contributed by atoms with Gasteiger partial charge in [0, 0.05) is 4.88 Å². The third-order valence-electron chi connectivity index (χ3n) is 2.36. The van der Waals surface area contributed by atoms with Gasteiger partial charge >= 0.3 is 0 Å². The van der Waals surface area contributed by atoms with Gasteiger partial charge in [-0.25, -0.2) is 4.98 Å². The zero-order valence-corrected chi connectivity index (χ0v) is 10.3. The lowest BCUT2D eigenvalue weighted by atomic mass is 10.3. The van der Waals surface area contributed by atoms with Crippen LogP contribution >= 0.6 is 11.3 Å². The summed E-state index contributed by atoms with van der Waals surface area (Å²) in [5.74, 6) is 0.640. The van der Waals surface area contributed by atoms with Gasteiger partial charge in [-0.3, -0.25) is 10.4 Å². The van der Waals surface area contributed by atoms with Crippen molar-refractivity contribution in [2.24, 2.45) is 5.10 Å². The van der Waals surface area contributed by atoms with Crippen molar-refractivity contribution in [3.8, 4) is 0 Å². The highest BCUT2D eigenvalue weighted by atomic mass is 32.1. The van der Waals surface area contributed by atoms with Crippen LogP contribution in [0.3, 0.4) is 0 Å². The summed E-state index contributed by atoms with van der Waals surface area (Å²) >= 11 is 1.64. The van der Waals surface area contributed by atoms with E-state index < -0.39 is 0 Å². The lowest BCUT2D eigenvalue weighted by Crippen LogP contribution is -1.94. The second-order valence-electron chi connectivity index (χ2n) is 3.63. The third-order valence-corrected chi connectivity index (χ3v) is 3.17. The molecule has 3 aromatic rings. The quantitative estimate of drug-likeness (QED) is 0.577. The van der Waals surface area contributed by atoms with Crippen LogP contribution < -0.4 is 5.43 Å². The summed E-state index contributed by atoms with van der Waals surface area (Å²) in [4.78, 5) is 9.80. The van der Waals surface area contributed by atoms with Gasteiger partial charge in [0.15, 0.2) is 5.82 Å². The number of nitrogens with zero attached hydrogens (tertiary/aromatic N) is 3. The number of benzene rings is 1. The van der Waals surface area contributed by atoms with Crippen molar-refractivity contribution in [1.82, 2.24) is 9.97 Å². The lowest BCUT2D eigenvalue weighted by molar-refractivity contribution is 1.22.